The van der Waals surface area contributed by atoms with Gasteiger partial charge in [0.25, 0.3) is 0 Å². The predicted molar refractivity (Wildman–Crippen MR) is 301 cm³/mol. The standard InChI is InChI=1S/C63H127NO4/c1-3-5-7-9-11-13-15-17-19-21-23-25-27-29-30-31-32-33-34-36-38-40-42-44-46-48-50-52-54-56-58-62(67)64-60(59-65)63(68)61(66)57-55-53-51-49-47-45-43-41-39-37-35-28-26-24-22-20-18-16-14-12-10-8-6-4-2/h60-61,63,65-66,68H,3-59H2,1-2H3,(H,64,67). The molecule has 0 saturated heterocycles. The molecule has 3 atom stereocenters. The number of unbranched alkanes of at least 4 members (excludes halogenated alkanes) is 52. The number of carbonyl (C=O) groups excluding carboxylic acids is 1. The van der Waals surface area contributed by atoms with Crippen LogP contribution in [0, 0.1) is 0 Å². The van der Waals surface area contributed by atoms with Crippen LogP contribution in [-0.2, 0) is 4.79 Å². The average molecular weight is 963 g/mol. The third kappa shape index (κ3) is 53.2. The summed E-state index contributed by atoms with van der Waals surface area (Å²) in [5.41, 5.74) is 0. The minimum absolute atomic E-state index is 0.134. The van der Waals surface area contributed by atoms with Crippen molar-refractivity contribution in [1.82, 2.24) is 5.32 Å². The quantitative estimate of drug-likeness (QED) is 0.0457. The maximum atomic E-state index is 12.6. The second-order valence-electron chi connectivity index (χ2n) is 22.3. The van der Waals surface area contributed by atoms with Gasteiger partial charge in [0.2, 0.25) is 5.91 Å². The molecule has 0 bridgehead atoms. The summed E-state index contributed by atoms with van der Waals surface area (Å²) in [5, 5.41) is 33.9. The van der Waals surface area contributed by atoms with Crippen LogP contribution in [0.5, 0.6) is 0 Å². The Kier molecular flexibility index (Phi) is 58.4. The Bertz CT molecular complexity index is 929. The highest BCUT2D eigenvalue weighted by atomic mass is 16.3. The lowest BCUT2D eigenvalue weighted by atomic mass is 9.99. The monoisotopic (exact) mass is 962 g/mol. The average Bonchev–Trinajstić information content (AvgIpc) is 3.34. The molecule has 0 rings (SSSR count). The lowest BCUT2D eigenvalue weighted by molar-refractivity contribution is -0.124. The van der Waals surface area contributed by atoms with Gasteiger partial charge < -0.3 is 20.6 Å². The van der Waals surface area contributed by atoms with E-state index in [4.69, 9.17) is 0 Å². The van der Waals surface area contributed by atoms with E-state index in [1.54, 1.807) is 0 Å². The SMILES string of the molecule is CCCCCCCCCCCCCCCCCCCCCCCCCCCCCCCCC(=O)NC(CO)C(O)C(O)CCCCCCCCCCCCCCCCCCCCCCCCCC. The lowest BCUT2D eigenvalue weighted by Crippen LogP contribution is -2.50. The molecule has 0 aliphatic heterocycles. The van der Waals surface area contributed by atoms with E-state index in [2.05, 4.69) is 19.2 Å². The fourth-order valence-electron chi connectivity index (χ4n) is 10.6. The van der Waals surface area contributed by atoms with E-state index in [0.717, 1.165) is 32.1 Å². The molecule has 0 aliphatic rings. The molecule has 0 spiro atoms. The molecule has 68 heavy (non-hydrogen) atoms. The van der Waals surface area contributed by atoms with Crippen molar-refractivity contribution in [1.29, 1.82) is 0 Å². The van der Waals surface area contributed by atoms with Gasteiger partial charge >= 0.3 is 0 Å². The molecule has 0 aliphatic carbocycles. The van der Waals surface area contributed by atoms with Crippen molar-refractivity contribution in [2.75, 3.05) is 6.61 Å². The lowest BCUT2D eigenvalue weighted by Gasteiger charge is -2.26. The number of nitrogens with one attached hydrogen (secondary N) is 1. The molecular formula is C63H127NO4. The van der Waals surface area contributed by atoms with Crippen LogP contribution in [0.25, 0.3) is 0 Å². The summed E-state index contributed by atoms with van der Waals surface area (Å²) >= 11 is 0. The van der Waals surface area contributed by atoms with Crippen molar-refractivity contribution >= 4 is 5.91 Å². The van der Waals surface area contributed by atoms with Crippen LogP contribution in [0.2, 0.25) is 0 Å². The Morgan fingerprint density at radius 1 is 0.309 bits per heavy atom. The van der Waals surface area contributed by atoms with Crippen molar-refractivity contribution in [3.63, 3.8) is 0 Å². The topological polar surface area (TPSA) is 89.8 Å². The number of rotatable bonds is 60. The Morgan fingerprint density at radius 2 is 0.500 bits per heavy atom. The first-order chi connectivity index (χ1) is 33.6. The van der Waals surface area contributed by atoms with Crippen molar-refractivity contribution in [3.8, 4) is 0 Å². The molecule has 5 heteroatoms. The molecule has 0 heterocycles. The fourth-order valence-corrected chi connectivity index (χ4v) is 10.6. The van der Waals surface area contributed by atoms with E-state index < -0.39 is 18.2 Å². The molecule has 0 aromatic rings. The van der Waals surface area contributed by atoms with Crippen LogP contribution >= 0.6 is 0 Å². The number of aliphatic hydroxyl groups excluding tert-OH is 3. The highest BCUT2D eigenvalue weighted by Gasteiger charge is 2.26. The Morgan fingerprint density at radius 3 is 0.706 bits per heavy atom. The van der Waals surface area contributed by atoms with Gasteiger partial charge in [-0.25, -0.2) is 0 Å². The second kappa shape index (κ2) is 58.9. The van der Waals surface area contributed by atoms with Crippen molar-refractivity contribution in [3.05, 3.63) is 0 Å². The van der Waals surface area contributed by atoms with E-state index in [9.17, 15) is 20.1 Å². The predicted octanol–water partition coefficient (Wildman–Crippen LogP) is 20.1. The largest absolute Gasteiger partial charge is 0.394 e. The fraction of sp³-hybridized carbons (Fsp3) is 0.984. The summed E-state index contributed by atoms with van der Waals surface area (Å²) in [5.74, 6) is -0.134. The number of carbonyl (C=O) groups is 1. The molecular weight excluding hydrogens is 835 g/mol. The minimum Gasteiger partial charge on any atom is -0.394 e. The van der Waals surface area contributed by atoms with Crippen LogP contribution < -0.4 is 5.32 Å². The molecule has 0 aromatic heterocycles. The minimum atomic E-state index is -1.13. The van der Waals surface area contributed by atoms with Gasteiger partial charge in [-0.15, -0.1) is 0 Å². The van der Waals surface area contributed by atoms with Gasteiger partial charge in [-0.05, 0) is 12.8 Å². The van der Waals surface area contributed by atoms with Gasteiger partial charge in [0.1, 0.15) is 6.10 Å². The molecule has 0 saturated carbocycles. The first-order valence-electron chi connectivity index (χ1n) is 31.8. The van der Waals surface area contributed by atoms with E-state index in [1.165, 1.54) is 315 Å². The molecule has 0 aromatic carbocycles. The maximum Gasteiger partial charge on any atom is 0.220 e. The molecule has 0 fully saturated rings. The van der Waals surface area contributed by atoms with Crippen molar-refractivity contribution in [2.24, 2.45) is 0 Å². The number of aliphatic hydroxyl groups is 3. The van der Waals surface area contributed by atoms with Gasteiger partial charge in [-0.1, -0.05) is 354 Å². The number of hydrogen-bond donors (Lipinski definition) is 4. The van der Waals surface area contributed by atoms with E-state index >= 15 is 0 Å². The summed E-state index contributed by atoms with van der Waals surface area (Å²) < 4.78 is 0. The first kappa shape index (κ1) is 67.3. The Labute approximate surface area is 427 Å². The second-order valence-corrected chi connectivity index (χ2v) is 22.3. The van der Waals surface area contributed by atoms with Crippen LogP contribution in [-0.4, -0.2) is 46.1 Å². The third-order valence-corrected chi connectivity index (χ3v) is 15.5. The van der Waals surface area contributed by atoms with Crippen molar-refractivity contribution in [2.45, 2.75) is 392 Å². The zero-order valence-corrected chi connectivity index (χ0v) is 46.8. The maximum absolute atomic E-state index is 12.6. The highest BCUT2D eigenvalue weighted by molar-refractivity contribution is 5.76. The summed E-state index contributed by atoms with van der Waals surface area (Å²) in [6, 6.07) is -0.805. The van der Waals surface area contributed by atoms with Crippen molar-refractivity contribution < 1.29 is 20.1 Å². The van der Waals surface area contributed by atoms with Gasteiger partial charge in [-0.3, -0.25) is 4.79 Å². The molecule has 5 nitrogen and oxygen atoms in total. The normalized spacial score (nSPS) is 13.1. The van der Waals surface area contributed by atoms with Crippen LogP contribution in [0.4, 0.5) is 0 Å². The zero-order valence-electron chi connectivity index (χ0n) is 46.8. The van der Waals surface area contributed by atoms with Crippen LogP contribution in [0.1, 0.15) is 373 Å². The van der Waals surface area contributed by atoms with E-state index in [0.29, 0.717) is 12.8 Å². The van der Waals surface area contributed by atoms with E-state index in [1.807, 2.05) is 0 Å². The number of amides is 1. The molecule has 408 valence electrons. The molecule has 0 radical (unpaired) electrons. The first-order valence-corrected chi connectivity index (χ1v) is 31.8. The van der Waals surface area contributed by atoms with Gasteiger partial charge in [-0.2, -0.15) is 0 Å². The number of hydrogen-bond acceptors (Lipinski definition) is 4. The third-order valence-electron chi connectivity index (χ3n) is 15.5. The van der Waals surface area contributed by atoms with Gasteiger partial charge in [0.05, 0.1) is 18.8 Å². The summed E-state index contributed by atoms with van der Waals surface area (Å²) in [6.07, 6.45) is 72.9. The summed E-state index contributed by atoms with van der Waals surface area (Å²) in [4.78, 5) is 12.6. The zero-order chi connectivity index (χ0) is 49.3. The highest BCUT2D eigenvalue weighted by Crippen LogP contribution is 2.19. The van der Waals surface area contributed by atoms with Crippen LogP contribution in [0.3, 0.4) is 0 Å². The smallest absolute Gasteiger partial charge is 0.220 e. The summed E-state index contributed by atoms with van der Waals surface area (Å²) in [6.45, 7) is 4.24. The summed E-state index contributed by atoms with van der Waals surface area (Å²) in [7, 11) is 0. The molecule has 3 unspecified atom stereocenters. The molecule has 4 N–H and O–H groups in total. The Hall–Kier alpha value is -0.650. The molecule has 1 amide bonds. The van der Waals surface area contributed by atoms with Gasteiger partial charge in [0, 0.05) is 6.42 Å². The Balaban J connectivity index is 3.45. The van der Waals surface area contributed by atoms with E-state index in [-0.39, 0.29) is 12.5 Å². The van der Waals surface area contributed by atoms with Crippen LogP contribution in [0.15, 0.2) is 0 Å². The van der Waals surface area contributed by atoms with Gasteiger partial charge in [0.15, 0.2) is 0 Å².